The summed E-state index contributed by atoms with van der Waals surface area (Å²) < 4.78 is 9.07. The van der Waals surface area contributed by atoms with Gasteiger partial charge in [0.1, 0.15) is 4.70 Å². The number of benzene rings is 2. The maximum Gasteiger partial charge on any atom is 0.272 e. The fourth-order valence-corrected chi connectivity index (χ4v) is 6.58. The summed E-state index contributed by atoms with van der Waals surface area (Å²) in [6.07, 6.45) is 3.13. The number of rotatable bonds is 9. The Labute approximate surface area is 212 Å². The highest BCUT2D eigenvalue weighted by molar-refractivity contribution is 7.98. The number of nitrogens with zero attached hydrogens (tertiary/aromatic N) is 2. The summed E-state index contributed by atoms with van der Waals surface area (Å²) in [5.74, 6) is 0.729. The van der Waals surface area contributed by atoms with Gasteiger partial charge in [0.15, 0.2) is 5.16 Å². The number of nitrogens with one attached hydrogen (secondary N) is 1. The number of thiophene rings is 1. The number of amides is 1. The summed E-state index contributed by atoms with van der Waals surface area (Å²) in [6, 6.07) is 16.3. The monoisotopic (exact) mass is 507 g/mol. The molecule has 5 rings (SSSR count). The Morgan fingerprint density at radius 1 is 1.23 bits per heavy atom. The van der Waals surface area contributed by atoms with Crippen molar-refractivity contribution in [3.05, 3.63) is 70.0 Å². The van der Waals surface area contributed by atoms with Gasteiger partial charge >= 0.3 is 0 Å². The van der Waals surface area contributed by atoms with Crippen LogP contribution in [0.4, 0.5) is 0 Å². The van der Waals surface area contributed by atoms with Gasteiger partial charge in [0.2, 0.25) is 5.91 Å². The highest BCUT2D eigenvalue weighted by atomic mass is 32.2. The van der Waals surface area contributed by atoms with Crippen LogP contribution < -0.4 is 10.9 Å². The lowest BCUT2D eigenvalue weighted by molar-refractivity contribution is -0.121. The van der Waals surface area contributed by atoms with Crippen LogP contribution in [0.2, 0.25) is 0 Å². The van der Waals surface area contributed by atoms with Crippen LogP contribution in [-0.2, 0) is 21.8 Å². The van der Waals surface area contributed by atoms with Crippen molar-refractivity contribution in [3.8, 4) is 0 Å². The van der Waals surface area contributed by atoms with E-state index in [0.29, 0.717) is 35.8 Å². The lowest BCUT2D eigenvalue weighted by Gasteiger charge is -2.13. The molecule has 4 aromatic rings. The number of thioether (sulfide) groups is 1. The van der Waals surface area contributed by atoms with Crippen LogP contribution in [0.3, 0.4) is 0 Å². The van der Waals surface area contributed by atoms with Gasteiger partial charge in [0.25, 0.3) is 5.56 Å². The molecule has 1 aliphatic rings. The Kier molecular flexibility index (Phi) is 7.51. The SMILES string of the molecule is Cc1ccccc1CSc1nc2c(sc3ccccc32)c(=O)n1CCCC(=O)NCC1CCCO1. The second-order valence-electron chi connectivity index (χ2n) is 8.88. The van der Waals surface area contributed by atoms with Gasteiger partial charge in [-0.1, -0.05) is 54.2 Å². The molecule has 6 nitrogen and oxygen atoms in total. The van der Waals surface area contributed by atoms with Gasteiger partial charge in [-0.15, -0.1) is 11.3 Å². The maximum atomic E-state index is 13.6. The van der Waals surface area contributed by atoms with Crippen LogP contribution >= 0.6 is 23.1 Å². The van der Waals surface area contributed by atoms with E-state index < -0.39 is 0 Å². The number of ether oxygens (including phenoxy) is 1. The Hall–Kier alpha value is -2.68. The van der Waals surface area contributed by atoms with E-state index in [-0.39, 0.29) is 17.6 Å². The third-order valence-electron chi connectivity index (χ3n) is 6.40. The zero-order valence-corrected chi connectivity index (χ0v) is 21.4. The third kappa shape index (κ3) is 5.44. The van der Waals surface area contributed by atoms with Crippen LogP contribution in [0.5, 0.6) is 0 Å². The Morgan fingerprint density at radius 2 is 2.06 bits per heavy atom. The summed E-state index contributed by atoms with van der Waals surface area (Å²) in [7, 11) is 0. The number of carbonyl (C=O) groups excluding carboxylic acids is 1. The van der Waals surface area contributed by atoms with E-state index in [9.17, 15) is 9.59 Å². The molecule has 0 bridgehead atoms. The molecule has 0 spiro atoms. The van der Waals surface area contributed by atoms with Gasteiger partial charge in [0, 0.05) is 42.0 Å². The minimum Gasteiger partial charge on any atom is -0.376 e. The molecule has 0 radical (unpaired) electrons. The summed E-state index contributed by atoms with van der Waals surface area (Å²) >= 11 is 3.07. The average molecular weight is 508 g/mol. The molecule has 1 saturated heterocycles. The van der Waals surface area contributed by atoms with Crippen LogP contribution in [0.15, 0.2) is 58.5 Å². The number of aryl methyl sites for hydroxylation is 1. The summed E-state index contributed by atoms with van der Waals surface area (Å²) in [6.45, 7) is 3.89. The molecule has 2 aromatic heterocycles. The lowest BCUT2D eigenvalue weighted by Crippen LogP contribution is -2.32. The minimum absolute atomic E-state index is 0.00133. The van der Waals surface area contributed by atoms with Gasteiger partial charge < -0.3 is 10.1 Å². The molecule has 2 aromatic carbocycles. The zero-order chi connectivity index (χ0) is 24.2. The second-order valence-corrected chi connectivity index (χ2v) is 10.9. The van der Waals surface area contributed by atoms with Crippen LogP contribution in [0, 0.1) is 6.92 Å². The summed E-state index contributed by atoms with van der Waals surface area (Å²) in [4.78, 5) is 30.9. The zero-order valence-electron chi connectivity index (χ0n) is 19.8. The van der Waals surface area contributed by atoms with Crippen molar-refractivity contribution in [3.63, 3.8) is 0 Å². The molecule has 1 N–H and O–H groups in total. The summed E-state index contributed by atoms with van der Waals surface area (Å²) in [5, 5.41) is 4.69. The molecule has 0 aliphatic carbocycles. The predicted octanol–water partition coefficient (Wildman–Crippen LogP) is 5.29. The standard InChI is InChI=1S/C27H29N3O3S2/c1-18-8-2-3-9-19(18)17-34-27-29-24-21-11-4-5-12-22(21)35-25(24)26(32)30(27)14-6-13-23(31)28-16-20-10-7-15-33-20/h2-5,8-9,11-12,20H,6-7,10,13-17H2,1H3,(H,28,31). The van der Waals surface area contributed by atoms with Crippen LogP contribution in [0.25, 0.3) is 20.3 Å². The fraction of sp³-hybridized carbons (Fsp3) is 0.370. The molecular formula is C27H29N3O3S2. The molecule has 1 fully saturated rings. The van der Waals surface area contributed by atoms with Gasteiger partial charge in [-0.3, -0.25) is 14.2 Å². The summed E-state index contributed by atoms with van der Waals surface area (Å²) in [5.41, 5.74) is 3.19. The van der Waals surface area contributed by atoms with Crippen molar-refractivity contribution in [1.29, 1.82) is 0 Å². The molecule has 8 heteroatoms. The van der Waals surface area contributed by atoms with Crippen LogP contribution in [0.1, 0.15) is 36.8 Å². The first-order valence-corrected chi connectivity index (χ1v) is 13.9. The molecular weight excluding hydrogens is 478 g/mol. The highest BCUT2D eigenvalue weighted by Crippen LogP contribution is 2.32. The smallest absolute Gasteiger partial charge is 0.272 e. The van der Waals surface area contributed by atoms with E-state index >= 15 is 0 Å². The van der Waals surface area contributed by atoms with Gasteiger partial charge in [-0.05, 0) is 43.4 Å². The van der Waals surface area contributed by atoms with Gasteiger partial charge in [-0.25, -0.2) is 4.98 Å². The van der Waals surface area contributed by atoms with E-state index in [0.717, 1.165) is 40.8 Å². The van der Waals surface area contributed by atoms with Crippen molar-refractivity contribution in [1.82, 2.24) is 14.9 Å². The molecule has 1 unspecified atom stereocenters. The fourth-order valence-electron chi connectivity index (χ4n) is 4.39. The normalized spacial score (nSPS) is 15.7. The van der Waals surface area contributed by atoms with Crippen molar-refractivity contribution >= 4 is 49.3 Å². The van der Waals surface area contributed by atoms with E-state index in [1.165, 1.54) is 22.5 Å². The third-order valence-corrected chi connectivity index (χ3v) is 8.57. The number of aromatic nitrogens is 2. The minimum atomic E-state index is -0.0248. The van der Waals surface area contributed by atoms with Crippen molar-refractivity contribution < 1.29 is 9.53 Å². The first kappa shape index (κ1) is 24.0. The van der Waals surface area contributed by atoms with E-state index in [2.05, 4.69) is 24.4 Å². The topological polar surface area (TPSA) is 73.2 Å². The number of hydrogen-bond acceptors (Lipinski definition) is 6. The van der Waals surface area contributed by atoms with Crippen molar-refractivity contribution in [2.75, 3.05) is 13.2 Å². The molecule has 1 atom stereocenters. The number of carbonyl (C=O) groups is 1. The van der Waals surface area contributed by atoms with Crippen LogP contribution in [-0.4, -0.2) is 34.7 Å². The Bertz CT molecular complexity index is 1410. The maximum absolute atomic E-state index is 13.6. The average Bonchev–Trinajstić information content (AvgIpc) is 3.52. The van der Waals surface area contributed by atoms with E-state index in [1.54, 1.807) is 16.3 Å². The van der Waals surface area contributed by atoms with Gasteiger partial charge in [0.05, 0.1) is 11.6 Å². The largest absolute Gasteiger partial charge is 0.376 e. The first-order chi connectivity index (χ1) is 17.1. The molecule has 0 saturated carbocycles. The molecule has 1 aliphatic heterocycles. The van der Waals surface area contributed by atoms with E-state index in [4.69, 9.17) is 9.72 Å². The molecule has 35 heavy (non-hydrogen) atoms. The lowest BCUT2D eigenvalue weighted by atomic mass is 10.1. The quantitative estimate of drug-likeness (QED) is 0.246. The molecule has 3 heterocycles. The predicted molar refractivity (Wildman–Crippen MR) is 143 cm³/mol. The molecule has 1 amide bonds. The van der Waals surface area contributed by atoms with E-state index in [1.807, 2.05) is 36.4 Å². The second kappa shape index (κ2) is 10.9. The number of fused-ring (bicyclic) bond motifs is 3. The Balaban J connectivity index is 1.37. The number of hydrogen-bond donors (Lipinski definition) is 1. The molecule has 182 valence electrons. The first-order valence-electron chi connectivity index (χ1n) is 12.1. The van der Waals surface area contributed by atoms with Crippen molar-refractivity contribution in [2.45, 2.75) is 56.2 Å². The van der Waals surface area contributed by atoms with Gasteiger partial charge in [-0.2, -0.15) is 0 Å². The van der Waals surface area contributed by atoms with Crippen molar-refractivity contribution in [2.24, 2.45) is 0 Å². The Morgan fingerprint density at radius 3 is 2.89 bits per heavy atom. The highest BCUT2D eigenvalue weighted by Gasteiger charge is 2.18.